The van der Waals surface area contributed by atoms with Gasteiger partial charge >= 0.3 is 0 Å². The van der Waals surface area contributed by atoms with Gasteiger partial charge < -0.3 is 10.6 Å². The lowest BCUT2D eigenvalue weighted by molar-refractivity contribution is 0.495. The van der Waals surface area contributed by atoms with E-state index in [4.69, 9.17) is 11.1 Å². The maximum Gasteiger partial charge on any atom is 0.142 e. The standard InChI is InChI=1S/C11H14Br2N4/c12-8-5-9(13)11(16-6-8)17-3-1-7(2-4-17)10(14)15/h5-7H,1-4H2,(H3,14,15). The summed E-state index contributed by atoms with van der Waals surface area (Å²) < 4.78 is 1.96. The minimum Gasteiger partial charge on any atom is -0.387 e. The summed E-state index contributed by atoms with van der Waals surface area (Å²) in [4.78, 5) is 6.65. The fourth-order valence-electron chi connectivity index (χ4n) is 2.04. The third-order valence-electron chi connectivity index (χ3n) is 3.02. The second-order valence-corrected chi connectivity index (χ2v) is 5.95. The van der Waals surface area contributed by atoms with E-state index in [0.29, 0.717) is 5.84 Å². The van der Waals surface area contributed by atoms with Gasteiger partial charge in [0, 0.05) is 29.7 Å². The molecule has 17 heavy (non-hydrogen) atoms. The average Bonchev–Trinajstić information content (AvgIpc) is 2.29. The molecule has 0 aliphatic carbocycles. The van der Waals surface area contributed by atoms with Gasteiger partial charge in [-0.2, -0.15) is 0 Å². The van der Waals surface area contributed by atoms with Crippen molar-refractivity contribution in [3.63, 3.8) is 0 Å². The monoisotopic (exact) mass is 360 g/mol. The molecule has 0 unspecified atom stereocenters. The lowest BCUT2D eigenvalue weighted by atomic mass is 9.96. The molecule has 0 saturated carbocycles. The molecule has 2 rings (SSSR count). The molecule has 1 aromatic rings. The van der Waals surface area contributed by atoms with E-state index in [1.54, 1.807) is 6.20 Å². The van der Waals surface area contributed by atoms with Crippen molar-refractivity contribution in [2.75, 3.05) is 18.0 Å². The van der Waals surface area contributed by atoms with Crippen LogP contribution in [0, 0.1) is 11.3 Å². The van der Waals surface area contributed by atoms with Crippen LogP contribution in [0.5, 0.6) is 0 Å². The summed E-state index contributed by atoms with van der Waals surface area (Å²) in [6.07, 6.45) is 3.66. The summed E-state index contributed by atoms with van der Waals surface area (Å²) in [5, 5.41) is 7.46. The summed E-state index contributed by atoms with van der Waals surface area (Å²) in [5.41, 5.74) is 5.53. The molecule has 0 aromatic carbocycles. The van der Waals surface area contributed by atoms with Gasteiger partial charge in [0.15, 0.2) is 0 Å². The largest absolute Gasteiger partial charge is 0.387 e. The molecule has 1 fully saturated rings. The lowest BCUT2D eigenvalue weighted by Gasteiger charge is -2.32. The summed E-state index contributed by atoms with van der Waals surface area (Å²) in [6, 6.07) is 2.00. The quantitative estimate of drug-likeness (QED) is 0.628. The minimum atomic E-state index is 0.237. The molecule has 0 amide bonds. The Kier molecular flexibility index (Phi) is 4.04. The van der Waals surface area contributed by atoms with Crippen LogP contribution in [0.15, 0.2) is 21.2 Å². The van der Waals surface area contributed by atoms with Crippen LogP contribution in [-0.4, -0.2) is 23.9 Å². The van der Waals surface area contributed by atoms with Gasteiger partial charge in [-0.3, -0.25) is 5.41 Å². The number of amidine groups is 1. The van der Waals surface area contributed by atoms with Gasteiger partial charge in [-0.25, -0.2) is 4.98 Å². The topological polar surface area (TPSA) is 66.0 Å². The number of aromatic nitrogens is 1. The highest BCUT2D eigenvalue weighted by Crippen LogP contribution is 2.29. The van der Waals surface area contributed by atoms with Gasteiger partial charge in [0.25, 0.3) is 0 Å². The van der Waals surface area contributed by atoms with Crippen LogP contribution in [0.25, 0.3) is 0 Å². The number of anilines is 1. The Morgan fingerprint density at radius 3 is 2.59 bits per heavy atom. The molecule has 3 N–H and O–H groups in total. The van der Waals surface area contributed by atoms with Crippen molar-refractivity contribution in [2.45, 2.75) is 12.8 Å². The highest BCUT2D eigenvalue weighted by Gasteiger charge is 2.23. The zero-order valence-corrected chi connectivity index (χ0v) is 12.5. The predicted octanol–water partition coefficient (Wildman–Crippen LogP) is 2.76. The molecule has 4 nitrogen and oxygen atoms in total. The van der Waals surface area contributed by atoms with Crippen LogP contribution >= 0.6 is 31.9 Å². The number of rotatable bonds is 2. The number of hydrogen-bond acceptors (Lipinski definition) is 3. The SMILES string of the molecule is N=C(N)C1CCN(c2ncc(Br)cc2Br)CC1. The molecule has 92 valence electrons. The highest BCUT2D eigenvalue weighted by atomic mass is 79.9. The third-order valence-corrected chi connectivity index (χ3v) is 4.04. The van der Waals surface area contributed by atoms with Crippen molar-refractivity contribution in [3.8, 4) is 0 Å². The van der Waals surface area contributed by atoms with Crippen LogP contribution in [0.2, 0.25) is 0 Å². The van der Waals surface area contributed by atoms with E-state index in [9.17, 15) is 0 Å². The third kappa shape index (κ3) is 2.98. The number of halogens is 2. The smallest absolute Gasteiger partial charge is 0.142 e. The van der Waals surface area contributed by atoms with Crippen LogP contribution in [0.1, 0.15) is 12.8 Å². The van der Waals surface area contributed by atoms with Crippen LogP contribution in [-0.2, 0) is 0 Å². The van der Waals surface area contributed by atoms with Gasteiger partial charge in [0.1, 0.15) is 5.82 Å². The normalized spacial score (nSPS) is 17.2. The van der Waals surface area contributed by atoms with Gasteiger partial charge in [-0.1, -0.05) is 0 Å². The van der Waals surface area contributed by atoms with Gasteiger partial charge in [0.2, 0.25) is 0 Å². The molecule has 1 aromatic heterocycles. The van der Waals surface area contributed by atoms with E-state index >= 15 is 0 Å². The molecule has 0 bridgehead atoms. The number of nitrogens with one attached hydrogen (secondary N) is 1. The first-order valence-electron chi connectivity index (χ1n) is 5.48. The maximum absolute atomic E-state index is 7.46. The molecule has 1 aliphatic heterocycles. The Morgan fingerprint density at radius 2 is 2.06 bits per heavy atom. The molecular formula is C11H14Br2N4. The molecule has 6 heteroatoms. The zero-order valence-electron chi connectivity index (χ0n) is 9.29. The predicted molar refractivity (Wildman–Crippen MR) is 76.5 cm³/mol. The highest BCUT2D eigenvalue weighted by molar-refractivity contribution is 9.11. The first kappa shape index (κ1) is 12.8. The Labute approximate surface area is 117 Å². The van der Waals surface area contributed by atoms with Crippen molar-refractivity contribution in [1.82, 2.24) is 4.98 Å². The van der Waals surface area contributed by atoms with Gasteiger partial charge in [-0.15, -0.1) is 0 Å². The lowest BCUT2D eigenvalue weighted by Crippen LogP contribution is -2.38. The second kappa shape index (κ2) is 5.35. The minimum absolute atomic E-state index is 0.237. The average molecular weight is 362 g/mol. The Morgan fingerprint density at radius 1 is 1.41 bits per heavy atom. The second-order valence-electron chi connectivity index (χ2n) is 4.18. The van der Waals surface area contributed by atoms with Crippen molar-refractivity contribution < 1.29 is 0 Å². The number of hydrogen-bond donors (Lipinski definition) is 2. The molecule has 1 saturated heterocycles. The first-order chi connectivity index (χ1) is 8.08. The summed E-state index contributed by atoms with van der Waals surface area (Å²) in [5.74, 6) is 1.52. The van der Waals surface area contributed by atoms with E-state index in [2.05, 4.69) is 41.7 Å². The number of nitrogens with two attached hydrogens (primary N) is 1. The van der Waals surface area contributed by atoms with E-state index in [1.807, 2.05) is 6.07 Å². The van der Waals surface area contributed by atoms with Crippen LogP contribution in [0.4, 0.5) is 5.82 Å². The van der Waals surface area contributed by atoms with Crippen molar-refractivity contribution in [2.24, 2.45) is 11.7 Å². The molecule has 2 heterocycles. The summed E-state index contributed by atoms with van der Waals surface area (Å²) in [6.45, 7) is 1.80. The van der Waals surface area contributed by atoms with Crippen molar-refractivity contribution in [3.05, 3.63) is 21.2 Å². The van der Waals surface area contributed by atoms with E-state index in [-0.39, 0.29) is 5.92 Å². The van der Waals surface area contributed by atoms with E-state index < -0.39 is 0 Å². The van der Waals surface area contributed by atoms with Crippen LogP contribution < -0.4 is 10.6 Å². The van der Waals surface area contributed by atoms with Crippen LogP contribution in [0.3, 0.4) is 0 Å². The number of piperidine rings is 1. The maximum atomic E-state index is 7.46. The number of pyridine rings is 1. The molecule has 0 radical (unpaired) electrons. The van der Waals surface area contributed by atoms with Gasteiger partial charge in [0.05, 0.1) is 10.3 Å². The number of nitrogens with zero attached hydrogens (tertiary/aromatic N) is 2. The van der Waals surface area contributed by atoms with Gasteiger partial charge in [-0.05, 0) is 50.8 Å². The molecular weight excluding hydrogens is 348 g/mol. The molecule has 0 atom stereocenters. The van der Waals surface area contributed by atoms with E-state index in [1.165, 1.54) is 0 Å². The van der Waals surface area contributed by atoms with Crippen molar-refractivity contribution >= 4 is 43.5 Å². The Balaban J connectivity index is 2.08. The summed E-state index contributed by atoms with van der Waals surface area (Å²) in [7, 11) is 0. The Hall–Kier alpha value is -0.620. The fourth-order valence-corrected chi connectivity index (χ4v) is 3.28. The van der Waals surface area contributed by atoms with E-state index in [0.717, 1.165) is 40.7 Å². The van der Waals surface area contributed by atoms with Crippen molar-refractivity contribution in [1.29, 1.82) is 5.41 Å². The first-order valence-corrected chi connectivity index (χ1v) is 7.06. The molecule has 1 aliphatic rings. The zero-order chi connectivity index (χ0) is 12.4. The molecule has 0 spiro atoms. The fraction of sp³-hybridized carbons (Fsp3) is 0.455. The Bertz CT molecular complexity index is 427. The summed E-state index contributed by atoms with van der Waals surface area (Å²) >= 11 is 6.92.